The van der Waals surface area contributed by atoms with Gasteiger partial charge in [-0.1, -0.05) is 60.7 Å². The Kier molecular flexibility index (Phi) is 5.54. The smallest absolute Gasteiger partial charge is 0.241 e. The summed E-state index contributed by atoms with van der Waals surface area (Å²) in [7, 11) is 2.23. The van der Waals surface area contributed by atoms with Crippen LogP contribution in [0, 0.1) is 0 Å². The molecule has 1 fully saturated rings. The molecule has 1 atom stereocenters. The predicted molar refractivity (Wildman–Crippen MR) is 109 cm³/mol. The minimum absolute atomic E-state index is 0.531. The number of ether oxygens (including phenoxy) is 1. The zero-order chi connectivity index (χ0) is 18.5. The van der Waals surface area contributed by atoms with Crippen molar-refractivity contribution in [1.29, 1.82) is 0 Å². The zero-order valence-electron chi connectivity index (χ0n) is 15.9. The van der Waals surface area contributed by atoms with E-state index in [1.54, 1.807) is 0 Å². The first-order chi connectivity index (χ1) is 13.3. The lowest BCUT2D eigenvalue weighted by Crippen LogP contribution is -2.26. The van der Waals surface area contributed by atoms with Crippen LogP contribution in [-0.4, -0.2) is 34.3 Å². The molecule has 0 N–H and O–H groups in total. The summed E-state index contributed by atoms with van der Waals surface area (Å²) in [6.45, 7) is 2.66. The van der Waals surface area contributed by atoms with Gasteiger partial charge in [0, 0.05) is 18.8 Å². The molecule has 27 heavy (non-hydrogen) atoms. The summed E-state index contributed by atoms with van der Waals surface area (Å²) in [6.07, 6.45) is 5.86. The second kappa shape index (κ2) is 8.40. The molecule has 0 radical (unpaired) electrons. The zero-order valence-corrected chi connectivity index (χ0v) is 15.9. The standard InChI is InChI=1S/C23H27N3O/c1-25-15-8-13-21(25)14-16-26-17-22(20-11-6-3-7-12-20)23(24-26)27-18-19-9-4-2-5-10-19/h2-7,9-12,17,21H,8,13-16,18H2,1H3. The summed E-state index contributed by atoms with van der Waals surface area (Å²) in [5.74, 6) is 0.713. The minimum Gasteiger partial charge on any atom is -0.471 e. The van der Waals surface area contributed by atoms with E-state index in [9.17, 15) is 0 Å². The van der Waals surface area contributed by atoms with Gasteiger partial charge in [0.05, 0.1) is 5.56 Å². The second-order valence-corrected chi connectivity index (χ2v) is 7.32. The van der Waals surface area contributed by atoms with E-state index in [4.69, 9.17) is 9.84 Å². The van der Waals surface area contributed by atoms with Crippen molar-refractivity contribution in [3.05, 3.63) is 72.4 Å². The highest BCUT2D eigenvalue weighted by molar-refractivity contribution is 5.67. The largest absolute Gasteiger partial charge is 0.471 e. The van der Waals surface area contributed by atoms with Crippen LogP contribution in [0.5, 0.6) is 5.88 Å². The van der Waals surface area contributed by atoms with Gasteiger partial charge >= 0.3 is 0 Å². The first-order valence-corrected chi connectivity index (χ1v) is 9.79. The lowest BCUT2D eigenvalue weighted by atomic mass is 10.1. The second-order valence-electron chi connectivity index (χ2n) is 7.32. The Hall–Kier alpha value is -2.59. The summed E-state index contributed by atoms with van der Waals surface area (Å²) in [5, 5.41) is 4.76. The Bertz CT molecular complexity index is 845. The molecule has 4 rings (SSSR count). The molecule has 1 aromatic heterocycles. The maximum Gasteiger partial charge on any atom is 0.241 e. The van der Waals surface area contributed by atoms with Gasteiger partial charge in [0.2, 0.25) is 5.88 Å². The fourth-order valence-electron chi connectivity index (χ4n) is 3.79. The molecule has 0 aliphatic carbocycles. The molecule has 1 aliphatic heterocycles. The molecule has 0 bridgehead atoms. The molecule has 4 nitrogen and oxygen atoms in total. The average Bonchev–Trinajstić information content (AvgIpc) is 3.32. The van der Waals surface area contributed by atoms with Crippen LogP contribution < -0.4 is 4.74 Å². The van der Waals surface area contributed by atoms with E-state index in [0.29, 0.717) is 18.5 Å². The van der Waals surface area contributed by atoms with Crippen LogP contribution in [0.25, 0.3) is 11.1 Å². The van der Waals surface area contributed by atoms with Gasteiger partial charge in [-0.25, -0.2) is 0 Å². The van der Waals surface area contributed by atoms with Crippen LogP contribution in [0.4, 0.5) is 0 Å². The van der Waals surface area contributed by atoms with Crippen molar-refractivity contribution in [3.8, 4) is 17.0 Å². The Labute approximate surface area is 161 Å². The van der Waals surface area contributed by atoms with Gasteiger partial charge in [0.25, 0.3) is 0 Å². The minimum atomic E-state index is 0.531. The number of likely N-dealkylation sites (tertiary alicyclic amines) is 1. The van der Waals surface area contributed by atoms with E-state index in [2.05, 4.69) is 59.2 Å². The first-order valence-electron chi connectivity index (χ1n) is 9.79. The van der Waals surface area contributed by atoms with E-state index in [1.807, 2.05) is 24.3 Å². The fourth-order valence-corrected chi connectivity index (χ4v) is 3.79. The molecule has 0 spiro atoms. The van der Waals surface area contributed by atoms with Crippen molar-refractivity contribution >= 4 is 0 Å². The SMILES string of the molecule is CN1CCCC1CCn1cc(-c2ccccc2)c(OCc2ccccc2)n1. The van der Waals surface area contributed by atoms with Crippen molar-refractivity contribution in [1.82, 2.24) is 14.7 Å². The summed E-state index contributed by atoms with van der Waals surface area (Å²) >= 11 is 0. The molecule has 140 valence electrons. The molecule has 0 saturated carbocycles. The number of benzene rings is 2. The number of hydrogen-bond donors (Lipinski definition) is 0. The number of aromatic nitrogens is 2. The van der Waals surface area contributed by atoms with Crippen LogP contribution in [0.3, 0.4) is 0 Å². The molecule has 4 heteroatoms. The molecular formula is C23H27N3O. The molecular weight excluding hydrogens is 334 g/mol. The monoisotopic (exact) mass is 361 g/mol. The van der Waals surface area contributed by atoms with Crippen molar-refractivity contribution in [2.75, 3.05) is 13.6 Å². The third-order valence-corrected chi connectivity index (χ3v) is 5.39. The Morgan fingerprint density at radius 1 is 1.04 bits per heavy atom. The van der Waals surface area contributed by atoms with E-state index in [0.717, 1.165) is 29.7 Å². The lowest BCUT2D eigenvalue weighted by Gasteiger charge is -2.18. The van der Waals surface area contributed by atoms with E-state index in [1.165, 1.54) is 19.4 Å². The molecule has 3 aromatic rings. The highest BCUT2D eigenvalue weighted by Gasteiger charge is 2.21. The summed E-state index contributed by atoms with van der Waals surface area (Å²) in [6, 6.07) is 21.3. The number of nitrogens with zero attached hydrogens (tertiary/aromatic N) is 3. The molecule has 1 saturated heterocycles. The van der Waals surface area contributed by atoms with Gasteiger partial charge in [-0.05, 0) is 44.0 Å². The number of hydrogen-bond acceptors (Lipinski definition) is 3. The Morgan fingerprint density at radius 3 is 2.48 bits per heavy atom. The Balaban J connectivity index is 1.51. The molecule has 0 amide bonds. The van der Waals surface area contributed by atoms with Gasteiger partial charge in [0.1, 0.15) is 6.61 Å². The summed E-state index contributed by atoms with van der Waals surface area (Å²) in [4.78, 5) is 2.47. The predicted octanol–water partition coefficient (Wildman–Crippen LogP) is 4.61. The van der Waals surface area contributed by atoms with Crippen molar-refractivity contribution in [2.24, 2.45) is 0 Å². The van der Waals surface area contributed by atoms with Gasteiger partial charge in [-0.15, -0.1) is 5.10 Å². The highest BCUT2D eigenvalue weighted by Crippen LogP contribution is 2.30. The van der Waals surface area contributed by atoms with E-state index >= 15 is 0 Å². The fraction of sp³-hybridized carbons (Fsp3) is 0.348. The average molecular weight is 361 g/mol. The van der Waals surface area contributed by atoms with Crippen molar-refractivity contribution in [3.63, 3.8) is 0 Å². The van der Waals surface area contributed by atoms with Gasteiger partial charge < -0.3 is 9.64 Å². The third-order valence-electron chi connectivity index (χ3n) is 5.39. The highest BCUT2D eigenvalue weighted by atomic mass is 16.5. The molecule has 1 unspecified atom stereocenters. The maximum atomic E-state index is 6.11. The lowest BCUT2D eigenvalue weighted by molar-refractivity contribution is 0.274. The normalized spacial score (nSPS) is 17.3. The third kappa shape index (κ3) is 4.40. The molecule has 2 heterocycles. The van der Waals surface area contributed by atoms with E-state index < -0.39 is 0 Å². The molecule has 1 aliphatic rings. The number of rotatable bonds is 7. The molecule has 2 aromatic carbocycles. The van der Waals surface area contributed by atoms with Crippen molar-refractivity contribution in [2.45, 2.75) is 38.5 Å². The van der Waals surface area contributed by atoms with Gasteiger partial charge in [-0.3, -0.25) is 4.68 Å². The summed E-state index contributed by atoms with van der Waals surface area (Å²) in [5.41, 5.74) is 3.36. The van der Waals surface area contributed by atoms with Crippen LogP contribution in [0.2, 0.25) is 0 Å². The van der Waals surface area contributed by atoms with E-state index in [-0.39, 0.29) is 0 Å². The van der Waals surface area contributed by atoms with Gasteiger partial charge in [-0.2, -0.15) is 0 Å². The quantitative estimate of drug-likeness (QED) is 0.615. The maximum absolute atomic E-state index is 6.11. The topological polar surface area (TPSA) is 30.3 Å². The van der Waals surface area contributed by atoms with Crippen LogP contribution in [0.1, 0.15) is 24.8 Å². The first kappa shape index (κ1) is 17.8. The Morgan fingerprint density at radius 2 is 1.78 bits per heavy atom. The van der Waals surface area contributed by atoms with Gasteiger partial charge in [0.15, 0.2) is 0 Å². The van der Waals surface area contributed by atoms with Crippen LogP contribution in [-0.2, 0) is 13.2 Å². The van der Waals surface area contributed by atoms with Crippen LogP contribution >= 0.6 is 0 Å². The van der Waals surface area contributed by atoms with Crippen molar-refractivity contribution < 1.29 is 4.74 Å². The number of aryl methyl sites for hydroxylation is 1. The van der Waals surface area contributed by atoms with Crippen LogP contribution in [0.15, 0.2) is 66.9 Å². The summed E-state index contributed by atoms with van der Waals surface area (Å²) < 4.78 is 8.16.